The predicted molar refractivity (Wildman–Crippen MR) is 24.1 cm³/mol. The molecule has 0 aromatic rings. The first kappa shape index (κ1) is 30.5. The third kappa shape index (κ3) is 62.9. The van der Waals surface area contributed by atoms with Crippen molar-refractivity contribution < 1.29 is 83.9 Å². The fourth-order valence-electron chi connectivity index (χ4n) is 0. The zero-order valence-corrected chi connectivity index (χ0v) is 12.8. The second kappa shape index (κ2) is 22.5. The quantitative estimate of drug-likeness (QED) is 0.291. The number of hydrogen-bond donors (Lipinski definition) is 0. The van der Waals surface area contributed by atoms with Crippen molar-refractivity contribution in [2.45, 2.75) is 18.7 Å². The standard InChI is InChI=1S/C3H7Br.2ClH.2Na/c1-3(2)4;;;;/h3H,1-2H3;2*1H;;/q;;;2*+1/p-2. The topological polar surface area (TPSA) is 0 Å². The molecule has 0 radical (unpaired) electrons. The van der Waals surface area contributed by atoms with Gasteiger partial charge in [0.15, 0.2) is 0 Å². The van der Waals surface area contributed by atoms with E-state index in [0.29, 0.717) is 4.83 Å². The Bertz CT molecular complexity index is 20.0. The number of rotatable bonds is 0. The van der Waals surface area contributed by atoms with Gasteiger partial charge in [0, 0.05) is 4.83 Å². The molecule has 0 unspecified atom stereocenters. The zero-order chi connectivity index (χ0) is 3.58. The van der Waals surface area contributed by atoms with Gasteiger partial charge in [-0.25, -0.2) is 0 Å². The molecule has 0 heterocycles. The van der Waals surface area contributed by atoms with Gasteiger partial charge >= 0.3 is 59.1 Å². The predicted octanol–water partition coefficient (Wildman–Crippen LogP) is -10.2. The van der Waals surface area contributed by atoms with Crippen LogP contribution in [0.2, 0.25) is 0 Å². The smallest absolute Gasteiger partial charge is 1.00 e. The fraction of sp³-hybridized carbons (Fsp3) is 1.00. The molecule has 0 aliphatic carbocycles. The summed E-state index contributed by atoms with van der Waals surface area (Å²) in [6.07, 6.45) is 0. The van der Waals surface area contributed by atoms with Crippen LogP contribution in [0.25, 0.3) is 0 Å². The monoisotopic (exact) mass is 238 g/mol. The molecule has 0 fully saturated rings. The summed E-state index contributed by atoms with van der Waals surface area (Å²) in [4.78, 5) is 0.646. The van der Waals surface area contributed by atoms with E-state index in [2.05, 4.69) is 29.8 Å². The first-order valence-corrected chi connectivity index (χ1v) is 2.29. The average Bonchev–Trinajstić information content (AvgIpc) is 0.811. The van der Waals surface area contributed by atoms with Crippen molar-refractivity contribution in [3.8, 4) is 0 Å². The molecule has 0 saturated heterocycles. The van der Waals surface area contributed by atoms with E-state index in [0.717, 1.165) is 0 Å². The maximum Gasteiger partial charge on any atom is 1.00 e. The van der Waals surface area contributed by atoms with Gasteiger partial charge in [-0.2, -0.15) is 0 Å². The summed E-state index contributed by atoms with van der Waals surface area (Å²) in [6.45, 7) is 4.17. The third-order valence-electron chi connectivity index (χ3n) is 0. The average molecular weight is 240 g/mol. The van der Waals surface area contributed by atoms with Crippen molar-refractivity contribution in [1.29, 1.82) is 0 Å². The number of halogens is 3. The summed E-state index contributed by atoms with van der Waals surface area (Å²) in [5.41, 5.74) is 0. The number of hydrogen-bond acceptors (Lipinski definition) is 0. The van der Waals surface area contributed by atoms with E-state index in [1.807, 2.05) is 0 Å². The SMILES string of the molecule is CC(C)Br.[Cl-].[Cl-].[Na+].[Na+]. The Labute approximate surface area is 116 Å². The Hall–Kier alpha value is 3.06. The minimum absolute atomic E-state index is 0. The van der Waals surface area contributed by atoms with Gasteiger partial charge in [0.2, 0.25) is 0 Å². The fourth-order valence-corrected chi connectivity index (χ4v) is 0. The molecule has 0 aliphatic rings. The molecule has 0 spiro atoms. The molecule has 0 saturated carbocycles. The van der Waals surface area contributed by atoms with Crippen LogP contribution >= 0.6 is 15.9 Å². The van der Waals surface area contributed by atoms with Gasteiger partial charge in [0.1, 0.15) is 0 Å². The summed E-state index contributed by atoms with van der Waals surface area (Å²) in [7, 11) is 0. The van der Waals surface area contributed by atoms with E-state index in [-0.39, 0.29) is 83.9 Å². The van der Waals surface area contributed by atoms with E-state index in [9.17, 15) is 0 Å². The molecule has 0 aromatic carbocycles. The molecule has 0 aromatic heterocycles. The molecule has 0 nitrogen and oxygen atoms in total. The van der Waals surface area contributed by atoms with Crippen molar-refractivity contribution >= 4 is 15.9 Å². The largest absolute Gasteiger partial charge is 1.00 e. The Morgan fingerprint density at radius 3 is 1.00 bits per heavy atom. The van der Waals surface area contributed by atoms with Crippen LogP contribution in [0.5, 0.6) is 0 Å². The van der Waals surface area contributed by atoms with E-state index in [4.69, 9.17) is 0 Å². The minimum atomic E-state index is 0. The molecular formula is C3H7BrCl2Na2. The van der Waals surface area contributed by atoms with Crippen LogP contribution < -0.4 is 83.9 Å². The first-order valence-electron chi connectivity index (χ1n) is 1.37. The van der Waals surface area contributed by atoms with Crippen molar-refractivity contribution in [2.75, 3.05) is 0 Å². The van der Waals surface area contributed by atoms with E-state index < -0.39 is 0 Å². The van der Waals surface area contributed by atoms with Crippen LogP contribution in [-0.4, -0.2) is 4.83 Å². The van der Waals surface area contributed by atoms with Crippen LogP contribution in [0.15, 0.2) is 0 Å². The van der Waals surface area contributed by atoms with Gasteiger partial charge < -0.3 is 24.8 Å². The van der Waals surface area contributed by atoms with Gasteiger partial charge in [0.05, 0.1) is 0 Å². The molecule has 0 N–H and O–H groups in total. The first-order chi connectivity index (χ1) is 1.73. The van der Waals surface area contributed by atoms with E-state index >= 15 is 0 Å². The van der Waals surface area contributed by atoms with Crippen LogP contribution in [0.3, 0.4) is 0 Å². The molecule has 42 valence electrons. The maximum atomic E-state index is 3.27. The molecule has 0 bridgehead atoms. The maximum absolute atomic E-state index is 3.27. The van der Waals surface area contributed by atoms with Crippen LogP contribution in [0, 0.1) is 0 Å². The molecule has 8 heavy (non-hydrogen) atoms. The second-order valence-corrected chi connectivity index (χ2v) is 2.85. The molecule has 0 amide bonds. The van der Waals surface area contributed by atoms with E-state index in [1.165, 1.54) is 0 Å². The van der Waals surface area contributed by atoms with Crippen molar-refractivity contribution in [3.05, 3.63) is 0 Å². The van der Waals surface area contributed by atoms with Gasteiger partial charge in [-0.3, -0.25) is 0 Å². The van der Waals surface area contributed by atoms with Crippen molar-refractivity contribution in [2.24, 2.45) is 0 Å². The zero-order valence-electron chi connectivity index (χ0n) is 5.71. The normalized spacial score (nSPS) is 4.50. The van der Waals surface area contributed by atoms with Gasteiger partial charge in [0.25, 0.3) is 0 Å². The van der Waals surface area contributed by atoms with Crippen LogP contribution in [0.1, 0.15) is 13.8 Å². The summed E-state index contributed by atoms with van der Waals surface area (Å²) >= 11 is 3.27. The summed E-state index contributed by atoms with van der Waals surface area (Å²) in [6, 6.07) is 0. The van der Waals surface area contributed by atoms with Crippen LogP contribution in [0.4, 0.5) is 0 Å². The Morgan fingerprint density at radius 1 is 1.00 bits per heavy atom. The van der Waals surface area contributed by atoms with Crippen molar-refractivity contribution in [3.63, 3.8) is 0 Å². The third-order valence-corrected chi connectivity index (χ3v) is 0. The molecular weight excluding hydrogens is 233 g/mol. The summed E-state index contributed by atoms with van der Waals surface area (Å²) in [5, 5.41) is 0. The summed E-state index contributed by atoms with van der Waals surface area (Å²) in [5.74, 6) is 0. The van der Waals surface area contributed by atoms with Gasteiger partial charge in [-0.05, 0) is 0 Å². The minimum Gasteiger partial charge on any atom is -1.00 e. The Kier molecular flexibility index (Phi) is 85.7. The Morgan fingerprint density at radius 2 is 1.00 bits per heavy atom. The van der Waals surface area contributed by atoms with E-state index in [1.54, 1.807) is 0 Å². The van der Waals surface area contributed by atoms with Gasteiger partial charge in [-0.15, -0.1) is 0 Å². The molecule has 0 rings (SSSR count). The van der Waals surface area contributed by atoms with Gasteiger partial charge in [-0.1, -0.05) is 29.8 Å². The van der Waals surface area contributed by atoms with Crippen LogP contribution in [-0.2, 0) is 0 Å². The molecule has 0 atom stereocenters. The Balaban J connectivity index is -0.00000000750. The molecule has 0 aliphatic heterocycles. The second-order valence-electron chi connectivity index (χ2n) is 1.01. The summed E-state index contributed by atoms with van der Waals surface area (Å²) < 4.78 is 0. The molecule has 5 heteroatoms. The van der Waals surface area contributed by atoms with Crippen molar-refractivity contribution in [1.82, 2.24) is 0 Å². The number of alkyl halides is 1.